The number of nitrogens with one attached hydrogen (secondary N) is 1. The van der Waals surface area contributed by atoms with Crippen molar-refractivity contribution in [3.63, 3.8) is 0 Å². The lowest BCUT2D eigenvalue weighted by molar-refractivity contribution is 0.0952. The Kier molecular flexibility index (Phi) is 6.36. The maximum atomic E-state index is 11.9. The number of carbonyl (C=O) groups is 1. The van der Waals surface area contributed by atoms with E-state index in [1.165, 1.54) is 0 Å². The summed E-state index contributed by atoms with van der Waals surface area (Å²) in [6, 6.07) is 5.67. The smallest absolute Gasteiger partial charge is 0.251 e. The van der Waals surface area contributed by atoms with Crippen LogP contribution in [0.15, 0.2) is 22.7 Å². The largest absolute Gasteiger partial charge is 0.352 e. The third-order valence-corrected chi connectivity index (χ3v) is 3.61. The summed E-state index contributed by atoms with van der Waals surface area (Å²) in [5.41, 5.74) is 1.85. The van der Waals surface area contributed by atoms with Crippen molar-refractivity contribution in [1.82, 2.24) is 10.2 Å². The van der Waals surface area contributed by atoms with Crippen LogP contribution in [0.2, 0.25) is 0 Å². The molecule has 1 N–H and O–H groups in total. The summed E-state index contributed by atoms with van der Waals surface area (Å²) in [6.45, 7) is 3.80. The van der Waals surface area contributed by atoms with E-state index in [0.29, 0.717) is 5.56 Å². The second-order valence-corrected chi connectivity index (χ2v) is 5.58. The highest BCUT2D eigenvalue weighted by Gasteiger charge is 2.06. The van der Waals surface area contributed by atoms with Gasteiger partial charge in [0.2, 0.25) is 0 Å². The number of carbonyl (C=O) groups excluding carboxylic acids is 1. The maximum absolute atomic E-state index is 11.9. The molecular formula is C14H21BrN2O. The van der Waals surface area contributed by atoms with Crippen LogP contribution in [0, 0.1) is 6.92 Å². The van der Waals surface area contributed by atoms with Crippen LogP contribution in [-0.4, -0.2) is 38.0 Å². The number of halogens is 1. The van der Waals surface area contributed by atoms with Gasteiger partial charge in [0, 0.05) is 16.6 Å². The predicted molar refractivity (Wildman–Crippen MR) is 79.0 cm³/mol. The standard InChI is InChI=1S/C14H21BrN2O/c1-11-6-7-12(10-13(11)15)14(18)16-8-4-5-9-17(2)3/h6-7,10H,4-5,8-9H2,1-3H3,(H,16,18). The minimum absolute atomic E-state index is 0.000512. The fraction of sp³-hybridized carbons (Fsp3) is 0.500. The van der Waals surface area contributed by atoms with E-state index in [0.717, 1.165) is 36.0 Å². The van der Waals surface area contributed by atoms with E-state index in [2.05, 4.69) is 40.2 Å². The van der Waals surface area contributed by atoms with Gasteiger partial charge in [0.05, 0.1) is 0 Å². The molecule has 0 bridgehead atoms. The van der Waals surface area contributed by atoms with Crippen molar-refractivity contribution >= 4 is 21.8 Å². The van der Waals surface area contributed by atoms with Crippen molar-refractivity contribution in [2.24, 2.45) is 0 Å². The van der Waals surface area contributed by atoms with Gasteiger partial charge in [0.1, 0.15) is 0 Å². The van der Waals surface area contributed by atoms with E-state index in [4.69, 9.17) is 0 Å². The highest BCUT2D eigenvalue weighted by atomic mass is 79.9. The molecule has 0 spiro atoms. The molecule has 0 aliphatic rings. The Labute approximate surface area is 118 Å². The fourth-order valence-corrected chi connectivity index (χ4v) is 1.97. The molecule has 4 heteroatoms. The van der Waals surface area contributed by atoms with Crippen LogP contribution < -0.4 is 5.32 Å². The number of aryl methyl sites for hydroxylation is 1. The third-order valence-electron chi connectivity index (χ3n) is 2.75. The van der Waals surface area contributed by atoms with E-state index in [9.17, 15) is 4.79 Å². The summed E-state index contributed by atoms with van der Waals surface area (Å²) >= 11 is 3.44. The number of nitrogens with zero attached hydrogens (tertiary/aromatic N) is 1. The van der Waals surface area contributed by atoms with Gasteiger partial charge in [-0.3, -0.25) is 4.79 Å². The molecule has 0 aromatic heterocycles. The maximum Gasteiger partial charge on any atom is 0.251 e. The van der Waals surface area contributed by atoms with Gasteiger partial charge < -0.3 is 10.2 Å². The van der Waals surface area contributed by atoms with Crippen LogP contribution in [-0.2, 0) is 0 Å². The summed E-state index contributed by atoms with van der Waals surface area (Å²) in [7, 11) is 4.12. The lowest BCUT2D eigenvalue weighted by Gasteiger charge is -2.09. The molecule has 0 aliphatic heterocycles. The lowest BCUT2D eigenvalue weighted by Crippen LogP contribution is -2.25. The average Bonchev–Trinajstić information content (AvgIpc) is 2.31. The van der Waals surface area contributed by atoms with Crippen LogP contribution in [0.5, 0.6) is 0 Å². The summed E-state index contributed by atoms with van der Waals surface area (Å²) in [4.78, 5) is 14.0. The molecule has 0 aliphatic carbocycles. The molecule has 18 heavy (non-hydrogen) atoms. The van der Waals surface area contributed by atoms with Crippen LogP contribution in [0.1, 0.15) is 28.8 Å². The Morgan fingerprint density at radius 1 is 1.33 bits per heavy atom. The Morgan fingerprint density at radius 2 is 2.06 bits per heavy atom. The van der Waals surface area contributed by atoms with E-state index in [-0.39, 0.29) is 5.91 Å². The first-order valence-electron chi connectivity index (χ1n) is 6.20. The van der Waals surface area contributed by atoms with Crippen molar-refractivity contribution in [3.05, 3.63) is 33.8 Å². The first kappa shape index (κ1) is 15.2. The molecule has 0 heterocycles. The number of unbranched alkanes of at least 4 members (excludes halogenated alkanes) is 1. The molecule has 0 saturated carbocycles. The van der Waals surface area contributed by atoms with Crippen LogP contribution in [0.25, 0.3) is 0 Å². The van der Waals surface area contributed by atoms with E-state index in [1.807, 2.05) is 25.1 Å². The van der Waals surface area contributed by atoms with Gasteiger partial charge in [-0.05, 0) is 58.1 Å². The summed E-state index contributed by atoms with van der Waals surface area (Å²) < 4.78 is 0.975. The van der Waals surface area contributed by atoms with Crippen LogP contribution in [0.3, 0.4) is 0 Å². The third kappa shape index (κ3) is 5.19. The van der Waals surface area contributed by atoms with Crippen molar-refractivity contribution in [1.29, 1.82) is 0 Å². The Balaban J connectivity index is 2.34. The minimum Gasteiger partial charge on any atom is -0.352 e. The second-order valence-electron chi connectivity index (χ2n) is 4.73. The predicted octanol–water partition coefficient (Wildman–Crippen LogP) is 2.83. The Hall–Kier alpha value is -0.870. The number of hydrogen-bond acceptors (Lipinski definition) is 2. The van der Waals surface area contributed by atoms with Gasteiger partial charge in [-0.1, -0.05) is 22.0 Å². The molecule has 0 saturated heterocycles. The first-order valence-corrected chi connectivity index (χ1v) is 6.99. The lowest BCUT2D eigenvalue weighted by atomic mass is 10.1. The zero-order valence-electron chi connectivity index (χ0n) is 11.3. The van der Waals surface area contributed by atoms with Gasteiger partial charge in [-0.15, -0.1) is 0 Å². The minimum atomic E-state index is 0.000512. The molecule has 0 radical (unpaired) electrons. The van der Waals surface area contributed by atoms with Crippen LogP contribution >= 0.6 is 15.9 Å². The summed E-state index contributed by atoms with van der Waals surface area (Å²) in [5.74, 6) is 0.000512. The molecule has 1 aromatic rings. The SMILES string of the molecule is Cc1ccc(C(=O)NCCCCN(C)C)cc1Br. The highest BCUT2D eigenvalue weighted by molar-refractivity contribution is 9.10. The highest BCUT2D eigenvalue weighted by Crippen LogP contribution is 2.17. The number of benzene rings is 1. The van der Waals surface area contributed by atoms with Gasteiger partial charge >= 0.3 is 0 Å². The van der Waals surface area contributed by atoms with E-state index < -0.39 is 0 Å². The normalized spacial score (nSPS) is 10.7. The monoisotopic (exact) mass is 312 g/mol. The van der Waals surface area contributed by atoms with E-state index >= 15 is 0 Å². The molecule has 3 nitrogen and oxygen atoms in total. The number of rotatable bonds is 6. The van der Waals surface area contributed by atoms with Crippen molar-refractivity contribution in [2.45, 2.75) is 19.8 Å². The zero-order valence-corrected chi connectivity index (χ0v) is 12.9. The molecule has 0 unspecified atom stereocenters. The first-order chi connectivity index (χ1) is 8.50. The molecule has 0 atom stereocenters. The van der Waals surface area contributed by atoms with Crippen molar-refractivity contribution in [2.75, 3.05) is 27.2 Å². The zero-order chi connectivity index (χ0) is 13.5. The molecule has 100 valence electrons. The van der Waals surface area contributed by atoms with Crippen LogP contribution in [0.4, 0.5) is 0 Å². The van der Waals surface area contributed by atoms with Gasteiger partial charge in [-0.25, -0.2) is 0 Å². The van der Waals surface area contributed by atoms with E-state index in [1.54, 1.807) is 0 Å². The fourth-order valence-electron chi connectivity index (χ4n) is 1.59. The molecule has 1 amide bonds. The molecule has 1 aromatic carbocycles. The van der Waals surface area contributed by atoms with Crippen molar-refractivity contribution in [3.8, 4) is 0 Å². The Morgan fingerprint density at radius 3 is 2.67 bits per heavy atom. The number of hydrogen-bond donors (Lipinski definition) is 1. The summed E-state index contributed by atoms with van der Waals surface area (Å²) in [5, 5.41) is 2.94. The van der Waals surface area contributed by atoms with Gasteiger partial charge in [-0.2, -0.15) is 0 Å². The summed E-state index contributed by atoms with van der Waals surface area (Å²) in [6.07, 6.45) is 2.11. The molecule has 0 fully saturated rings. The number of amides is 1. The quantitative estimate of drug-likeness (QED) is 0.819. The topological polar surface area (TPSA) is 32.3 Å². The van der Waals surface area contributed by atoms with Gasteiger partial charge in [0.25, 0.3) is 5.91 Å². The Bertz CT molecular complexity index is 405. The molecular weight excluding hydrogens is 292 g/mol. The average molecular weight is 313 g/mol. The molecule has 1 rings (SSSR count). The van der Waals surface area contributed by atoms with Crippen molar-refractivity contribution < 1.29 is 4.79 Å². The van der Waals surface area contributed by atoms with Gasteiger partial charge in [0.15, 0.2) is 0 Å². The second kappa shape index (κ2) is 7.54.